The Morgan fingerprint density at radius 2 is 1.69 bits per heavy atom. The van der Waals surface area contributed by atoms with Crippen LogP contribution in [0.3, 0.4) is 0 Å². The maximum atomic E-state index is 12.5. The first-order chi connectivity index (χ1) is 12.5. The first-order valence-electron chi connectivity index (χ1n) is 8.16. The molecule has 0 spiro atoms. The average molecular weight is 360 g/mol. The molecule has 138 valence electrons. The van der Waals surface area contributed by atoms with Gasteiger partial charge in [-0.25, -0.2) is 9.48 Å². The van der Waals surface area contributed by atoms with E-state index in [1.54, 1.807) is 19.1 Å². The van der Waals surface area contributed by atoms with Gasteiger partial charge in [0.15, 0.2) is 17.2 Å². The minimum absolute atomic E-state index is 0.0384. The maximum Gasteiger partial charge on any atom is 0.358 e. The number of carboxylic acid groups (broad SMARTS) is 1. The summed E-state index contributed by atoms with van der Waals surface area (Å²) in [4.78, 5) is 25.1. The second-order valence-electron chi connectivity index (χ2n) is 5.96. The third-order valence-corrected chi connectivity index (χ3v) is 4.42. The zero-order valence-corrected chi connectivity index (χ0v) is 14.6. The van der Waals surface area contributed by atoms with Crippen LogP contribution < -0.4 is 9.47 Å². The Kier molecular flexibility index (Phi) is 5.06. The number of ether oxygens (including phenoxy) is 2. The molecule has 9 heteroatoms. The van der Waals surface area contributed by atoms with E-state index in [4.69, 9.17) is 14.6 Å². The highest BCUT2D eigenvalue weighted by Gasteiger charge is 2.21. The standard InChI is InChI=1S/C17H20N4O5/c1-25-14-7-11-3-5-20(6-4-12(11)8-15(14)26-2)16(22)10-21-9-13(17(23)24)18-19-21/h7-9H,3-6,10H2,1-2H3,(H,23,24). The van der Waals surface area contributed by atoms with Gasteiger partial charge in [-0.1, -0.05) is 5.21 Å². The number of benzene rings is 1. The molecule has 1 aliphatic rings. The third kappa shape index (κ3) is 3.61. The van der Waals surface area contributed by atoms with E-state index in [0.717, 1.165) is 11.1 Å². The fourth-order valence-electron chi connectivity index (χ4n) is 3.01. The molecular weight excluding hydrogens is 340 g/mol. The molecule has 1 aromatic heterocycles. The van der Waals surface area contributed by atoms with Crippen LogP contribution in [0.5, 0.6) is 11.5 Å². The van der Waals surface area contributed by atoms with E-state index in [2.05, 4.69) is 10.3 Å². The normalized spacial score (nSPS) is 13.7. The largest absolute Gasteiger partial charge is 0.493 e. The lowest BCUT2D eigenvalue weighted by atomic mass is 10.0. The van der Waals surface area contributed by atoms with E-state index in [0.29, 0.717) is 37.4 Å². The van der Waals surface area contributed by atoms with Crippen LogP contribution in [0.2, 0.25) is 0 Å². The van der Waals surface area contributed by atoms with Gasteiger partial charge in [0.05, 0.1) is 20.4 Å². The molecule has 0 unspecified atom stereocenters. The molecule has 0 atom stereocenters. The summed E-state index contributed by atoms with van der Waals surface area (Å²) in [7, 11) is 3.19. The Bertz CT molecular complexity index is 798. The van der Waals surface area contributed by atoms with Crippen LogP contribution in [0, 0.1) is 0 Å². The van der Waals surface area contributed by atoms with E-state index < -0.39 is 5.97 Å². The summed E-state index contributed by atoms with van der Waals surface area (Å²) in [6, 6.07) is 3.91. The van der Waals surface area contributed by atoms with Crippen LogP contribution in [-0.2, 0) is 24.2 Å². The van der Waals surface area contributed by atoms with Gasteiger partial charge < -0.3 is 19.5 Å². The first kappa shape index (κ1) is 17.7. The number of fused-ring (bicyclic) bond motifs is 1. The Hall–Kier alpha value is -3.10. The summed E-state index contributed by atoms with van der Waals surface area (Å²) in [5.41, 5.74) is 2.08. The summed E-state index contributed by atoms with van der Waals surface area (Å²) in [6.07, 6.45) is 2.67. The fourth-order valence-corrected chi connectivity index (χ4v) is 3.01. The highest BCUT2D eigenvalue weighted by Crippen LogP contribution is 2.32. The van der Waals surface area contributed by atoms with Crippen LogP contribution >= 0.6 is 0 Å². The third-order valence-electron chi connectivity index (χ3n) is 4.42. The Labute approximate surface area is 150 Å². The molecule has 0 saturated heterocycles. The zero-order valence-electron chi connectivity index (χ0n) is 14.6. The average Bonchev–Trinajstić information content (AvgIpc) is 3.00. The fraction of sp³-hybridized carbons (Fsp3) is 0.412. The predicted molar refractivity (Wildman–Crippen MR) is 90.5 cm³/mol. The highest BCUT2D eigenvalue weighted by molar-refractivity contribution is 5.84. The van der Waals surface area contributed by atoms with Gasteiger partial charge in [-0.3, -0.25) is 4.79 Å². The van der Waals surface area contributed by atoms with Crippen molar-refractivity contribution in [1.82, 2.24) is 19.9 Å². The van der Waals surface area contributed by atoms with Crippen molar-refractivity contribution < 1.29 is 24.2 Å². The predicted octanol–water partition coefficient (Wildman–Crippen LogP) is 0.621. The molecule has 1 aromatic carbocycles. The molecule has 1 N–H and O–H groups in total. The lowest BCUT2D eigenvalue weighted by Crippen LogP contribution is -2.36. The molecule has 26 heavy (non-hydrogen) atoms. The van der Waals surface area contributed by atoms with E-state index in [1.165, 1.54) is 10.9 Å². The smallest absolute Gasteiger partial charge is 0.358 e. The zero-order chi connectivity index (χ0) is 18.7. The summed E-state index contributed by atoms with van der Waals surface area (Å²) in [5.74, 6) is 0.0556. The number of rotatable bonds is 5. The number of carboxylic acids is 1. The van der Waals surface area contributed by atoms with Crippen molar-refractivity contribution >= 4 is 11.9 Å². The minimum Gasteiger partial charge on any atom is -0.493 e. The molecule has 0 aliphatic carbocycles. The highest BCUT2D eigenvalue weighted by atomic mass is 16.5. The molecule has 2 heterocycles. The number of aromatic carboxylic acids is 1. The maximum absolute atomic E-state index is 12.5. The number of aromatic nitrogens is 3. The quantitative estimate of drug-likeness (QED) is 0.833. The van der Waals surface area contributed by atoms with E-state index in [9.17, 15) is 9.59 Å². The number of hydrogen-bond donors (Lipinski definition) is 1. The van der Waals surface area contributed by atoms with Gasteiger partial charge in [0.25, 0.3) is 0 Å². The number of hydrogen-bond acceptors (Lipinski definition) is 6. The minimum atomic E-state index is -1.17. The van der Waals surface area contributed by atoms with Crippen molar-refractivity contribution in [2.75, 3.05) is 27.3 Å². The molecule has 0 fully saturated rings. The van der Waals surface area contributed by atoms with Gasteiger partial charge >= 0.3 is 5.97 Å². The molecule has 0 bridgehead atoms. The molecule has 0 radical (unpaired) electrons. The van der Waals surface area contributed by atoms with E-state index in [1.807, 2.05) is 12.1 Å². The van der Waals surface area contributed by atoms with Gasteiger partial charge in [0, 0.05) is 13.1 Å². The number of carbonyl (C=O) groups excluding carboxylic acids is 1. The summed E-state index contributed by atoms with van der Waals surface area (Å²) in [5, 5.41) is 16.1. The second-order valence-corrected chi connectivity index (χ2v) is 5.96. The topological polar surface area (TPSA) is 107 Å². The van der Waals surface area contributed by atoms with Crippen LogP contribution in [0.1, 0.15) is 21.6 Å². The lowest BCUT2D eigenvalue weighted by molar-refractivity contribution is -0.132. The summed E-state index contributed by atoms with van der Waals surface area (Å²) >= 11 is 0. The van der Waals surface area contributed by atoms with Gasteiger partial charge in [0.1, 0.15) is 6.54 Å². The van der Waals surface area contributed by atoms with Crippen molar-refractivity contribution in [3.63, 3.8) is 0 Å². The van der Waals surface area contributed by atoms with Crippen LogP contribution in [-0.4, -0.2) is 64.2 Å². The SMILES string of the molecule is COc1cc2c(cc1OC)CCN(C(=O)Cn1cc(C(=O)O)nn1)CC2. The van der Waals surface area contributed by atoms with E-state index >= 15 is 0 Å². The van der Waals surface area contributed by atoms with Crippen molar-refractivity contribution in [3.8, 4) is 11.5 Å². The molecule has 2 aromatic rings. The first-order valence-corrected chi connectivity index (χ1v) is 8.16. The number of nitrogens with zero attached hydrogens (tertiary/aromatic N) is 4. The molecule has 1 aliphatic heterocycles. The molecule has 3 rings (SSSR count). The van der Waals surface area contributed by atoms with Gasteiger partial charge in [0.2, 0.25) is 5.91 Å². The second kappa shape index (κ2) is 7.42. The monoisotopic (exact) mass is 360 g/mol. The Morgan fingerprint density at radius 3 is 2.15 bits per heavy atom. The van der Waals surface area contributed by atoms with Crippen LogP contribution in [0.25, 0.3) is 0 Å². The summed E-state index contributed by atoms with van der Waals surface area (Å²) in [6.45, 7) is 1.10. The van der Waals surface area contributed by atoms with Crippen molar-refractivity contribution in [2.45, 2.75) is 19.4 Å². The van der Waals surface area contributed by atoms with Crippen LogP contribution in [0.4, 0.5) is 0 Å². The Morgan fingerprint density at radius 1 is 1.12 bits per heavy atom. The Balaban J connectivity index is 1.69. The summed E-state index contributed by atoms with van der Waals surface area (Å²) < 4.78 is 11.9. The van der Waals surface area contributed by atoms with Gasteiger partial charge in [-0.05, 0) is 36.1 Å². The van der Waals surface area contributed by atoms with Crippen molar-refractivity contribution in [2.24, 2.45) is 0 Å². The molecule has 9 nitrogen and oxygen atoms in total. The van der Waals surface area contributed by atoms with Gasteiger partial charge in [-0.2, -0.15) is 0 Å². The number of methoxy groups -OCH3 is 2. The molecule has 0 saturated carbocycles. The van der Waals surface area contributed by atoms with Crippen molar-refractivity contribution in [3.05, 3.63) is 35.2 Å². The van der Waals surface area contributed by atoms with E-state index in [-0.39, 0.29) is 18.1 Å². The number of amides is 1. The molecule has 1 amide bonds. The van der Waals surface area contributed by atoms with Crippen molar-refractivity contribution in [1.29, 1.82) is 0 Å². The molecular formula is C17H20N4O5. The number of carbonyl (C=O) groups is 2. The van der Waals surface area contributed by atoms with Crippen LogP contribution in [0.15, 0.2) is 18.3 Å². The lowest BCUT2D eigenvalue weighted by Gasteiger charge is -2.19. The van der Waals surface area contributed by atoms with Gasteiger partial charge in [-0.15, -0.1) is 5.10 Å².